The second-order valence-electron chi connectivity index (χ2n) is 3.81. The fourth-order valence-corrected chi connectivity index (χ4v) is 1.82. The molecule has 0 unspecified atom stereocenters. The number of hydrogen-bond acceptors (Lipinski definition) is 6. The van der Waals surface area contributed by atoms with Gasteiger partial charge in [-0.2, -0.15) is 0 Å². The van der Waals surface area contributed by atoms with E-state index in [0.717, 1.165) is 12.1 Å². The largest absolute Gasteiger partial charge is 0.461 e. The predicted octanol–water partition coefficient (Wildman–Crippen LogP) is 2.16. The number of H-pyrrole nitrogens is 1. The van der Waals surface area contributed by atoms with Gasteiger partial charge in [0.25, 0.3) is 5.69 Å². The number of nitro groups is 2. The number of ether oxygens (including phenoxy) is 1. The number of rotatable bonds is 4. The van der Waals surface area contributed by atoms with Crippen molar-refractivity contribution in [3.8, 4) is 0 Å². The van der Waals surface area contributed by atoms with Gasteiger partial charge in [-0.1, -0.05) is 0 Å². The van der Waals surface area contributed by atoms with E-state index < -0.39 is 21.5 Å². The minimum absolute atomic E-state index is 0.0610. The van der Waals surface area contributed by atoms with E-state index in [2.05, 4.69) is 4.98 Å². The number of benzene rings is 1. The van der Waals surface area contributed by atoms with E-state index in [1.165, 1.54) is 6.07 Å². The Balaban J connectivity index is 2.68. The van der Waals surface area contributed by atoms with Crippen LogP contribution in [0, 0.1) is 20.2 Å². The molecule has 0 saturated heterocycles. The lowest BCUT2D eigenvalue weighted by molar-refractivity contribution is -0.384. The predicted molar refractivity (Wildman–Crippen MR) is 67.6 cm³/mol. The summed E-state index contributed by atoms with van der Waals surface area (Å²) in [7, 11) is 0. The molecule has 9 nitrogen and oxygen atoms in total. The first-order valence-corrected chi connectivity index (χ1v) is 5.57. The molecule has 0 saturated carbocycles. The molecule has 0 amide bonds. The Kier molecular flexibility index (Phi) is 3.34. The first-order chi connectivity index (χ1) is 9.45. The molecule has 1 aromatic carbocycles. The second-order valence-corrected chi connectivity index (χ2v) is 3.81. The molecule has 2 rings (SSSR count). The molecule has 0 spiro atoms. The van der Waals surface area contributed by atoms with E-state index >= 15 is 0 Å². The molecule has 2 aromatic rings. The lowest BCUT2D eigenvalue weighted by Gasteiger charge is -1.98. The van der Waals surface area contributed by atoms with Gasteiger partial charge < -0.3 is 9.72 Å². The second kappa shape index (κ2) is 4.96. The Bertz CT molecular complexity index is 720. The van der Waals surface area contributed by atoms with Gasteiger partial charge >= 0.3 is 11.7 Å². The molecule has 1 heterocycles. The van der Waals surface area contributed by atoms with Crippen molar-refractivity contribution in [1.29, 1.82) is 0 Å². The van der Waals surface area contributed by atoms with Crippen LogP contribution in [0.5, 0.6) is 0 Å². The van der Waals surface area contributed by atoms with Crippen LogP contribution in [-0.4, -0.2) is 27.4 Å². The number of nitrogens with one attached hydrogen (secondary N) is 1. The van der Waals surface area contributed by atoms with Gasteiger partial charge in [0.1, 0.15) is 0 Å². The maximum Gasteiger partial charge on any atom is 0.362 e. The standard InChI is InChI=1S/C11H9N3O6/c1-2-20-11(15)9-10(14(18)19)7-4-3-6(13(16)17)5-8(7)12-9/h3-5,12H,2H2,1H3. The zero-order valence-electron chi connectivity index (χ0n) is 10.3. The van der Waals surface area contributed by atoms with E-state index in [1.807, 2.05) is 0 Å². The number of esters is 1. The number of aromatic nitrogens is 1. The number of non-ortho nitro benzene ring substituents is 1. The van der Waals surface area contributed by atoms with Crippen LogP contribution >= 0.6 is 0 Å². The van der Waals surface area contributed by atoms with E-state index in [0.29, 0.717) is 0 Å². The molecule has 1 N–H and O–H groups in total. The zero-order chi connectivity index (χ0) is 14.9. The Morgan fingerprint density at radius 1 is 1.30 bits per heavy atom. The molecule has 9 heteroatoms. The summed E-state index contributed by atoms with van der Waals surface area (Å²) in [6, 6.07) is 3.49. The third-order valence-corrected chi connectivity index (χ3v) is 2.63. The average molecular weight is 279 g/mol. The molecular weight excluding hydrogens is 270 g/mol. The van der Waals surface area contributed by atoms with Gasteiger partial charge in [0.15, 0.2) is 0 Å². The Morgan fingerprint density at radius 3 is 2.55 bits per heavy atom. The highest BCUT2D eigenvalue weighted by atomic mass is 16.6. The third kappa shape index (κ3) is 2.16. The highest BCUT2D eigenvalue weighted by molar-refractivity contribution is 6.03. The van der Waals surface area contributed by atoms with Crippen molar-refractivity contribution in [1.82, 2.24) is 4.98 Å². The van der Waals surface area contributed by atoms with Crippen molar-refractivity contribution in [2.75, 3.05) is 6.61 Å². The topological polar surface area (TPSA) is 128 Å². The van der Waals surface area contributed by atoms with Crippen LogP contribution in [0.3, 0.4) is 0 Å². The molecule has 0 radical (unpaired) electrons. The average Bonchev–Trinajstić information content (AvgIpc) is 2.77. The number of nitro benzene ring substituents is 1. The fraction of sp³-hybridized carbons (Fsp3) is 0.182. The summed E-state index contributed by atoms with van der Waals surface area (Å²) in [6.45, 7) is 1.63. The van der Waals surface area contributed by atoms with E-state index in [4.69, 9.17) is 4.74 Å². The SMILES string of the molecule is CCOC(=O)c1[nH]c2cc([N+](=O)[O-])ccc2c1[N+](=O)[O-]. The number of fused-ring (bicyclic) bond motifs is 1. The number of nitrogens with zero attached hydrogens (tertiary/aromatic N) is 2. The van der Waals surface area contributed by atoms with Crippen LogP contribution in [0.4, 0.5) is 11.4 Å². The molecule has 104 valence electrons. The van der Waals surface area contributed by atoms with Crippen LogP contribution < -0.4 is 0 Å². The number of hydrogen-bond donors (Lipinski definition) is 1. The first-order valence-electron chi connectivity index (χ1n) is 5.57. The first kappa shape index (κ1) is 13.5. The molecule has 0 aliphatic carbocycles. The Hall–Kier alpha value is -2.97. The highest BCUT2D eigenvalue weighted by Crippen LogP contribution is 2.32. The maximum absolute atomic E-state index is 11.7. The van der Waals surface area contributed by atoms with E-state index in [-0.39, 0.29) is 28.9 Å². The van der Waals surface area contributed by atoms with Crippen molar-refractivity contribution in [3.05, 3.63) is 44.1 Å². The maximum atomic E-state index is 11.7. The minimum atomic E-state index is -0.877. The smallest absolute Gasteiger partial charge is 0.362 e. The Morgan fingerprint density at radius 2 is 2.00 bits per heavy atom. The summed E-state index contributed by atoms with van der Waals surface area (Å²) in [5.74, 6) is -0.877. The number of carbonyl (C=O) groups excluding carboxylic acids is 1. The van der Waals surface area contributed by atoms with Gasteiger partial charge in [-0.3, -0.25) is 20.2 Å². The molecule has 20 heavy (non-hydrogen) atoms. The van der Waals surface area contributed by atoms with Crippen LogP contribution in [0.2, 0.25) is 0 Å². The third-order valence-electron chi connectivity index (χ3n) is 2.63. The van der Waals surface area contributed by atoms with Crippen LogP contribution in [-0.2, 0) is 4.74 Å². The summed E-state index contributed by atoms with van der Waals surface area (Å²) >= 11 is 0. The molecule has 0 fully saturated rings. The van der Waals surface area contributed by atoms with Crippen LogP contribution in [0.15, 0.2) is 18.2 Å². The van der Waals surface area contributed by atoms with Crippen molar-refractivity contribution in [2.45, 2.75) is 6.92 Å². The lowest BCUT2D eigenvalue weighted by atomic mass is 10.2. The van der Waals surface area contributed by atoms with Crippen molar-refractivity contribution in [2.24, 2.45) is 0 Å². The van der Waals surface area contributed by atoms with Gasteiger partial charge in [0, 0.05) is 12.1 Å². The lowest BCUT2D eigenvalue weighted by Crippen LogP contribution is -2.07. The normalized spacial score (nSPS) is 10.4. The van der Waals surface area contributed by atoms with Gasteiger partial charge in [-0.15, -0.1) is 0 Å². The molecular formula is C11H9N3O6. The molecule has 1 aromatic heterocycles. The van der Waals surface area contributed by atoms with Crippen molar-refractivity contribution >= 4 is 28.2 Å². The van der Waals surface area contributed by atoms with Crippen molar-refractivity contribution < 1.29 is 19.4 Å². The molecule has 0 atom stereocenters. The number of aromatic amines is 1. The van der Waals surface area contributed by atoms with Crippen molar-refractivity contribution in [3.63, 3.8) is 0 Å². The van der Waals surface area contributed by atoms with Gasteiger partial charge in [-0.25, -0.2) is 4.79 Å². The highest BCUT2D eigenvalue weighted by Gasteiger charge is 2.28. The fourth-order valence-electron chi connectivity index (χ4n) is 1.82. The Labute approximate surface area is 111 Å². The van der Waals surface area contributed by atoms with E-state index in [1.54, 1.807) is 6.92 Å². The quantitative estimate of drug-likeness (QED) is 0.518. The van der Waals surface area contributed by atoms with E-state index in [9.17, 15) is 25.0 Å². The summed E-state index contributed by atoms with van der Waals surface area (Å²) in [5, 5.41) is 21.9. The summed E-state index contributed by atoms with van der Waals surface area (Å²) in [5.41, 5.74) is -0.876. The number of carbonyl (C=O) groups is 1. The van der Waals surface area contributed by atoms with Crippen LogP contribution in [0.25, 0.3) is 10.9 Å². The minimum Gasteiger partial charge on any atom is -0.461 e. The zero-order valence-corrected chi connectivity index (χ0v) is 10.3. The molecule has 0 aliphatic heterocycles. The molecule has 0 aliphatic rings. The summed E-state index contributed by atoms with van der Waals surface area (Å²) in [6.07, 6.45) is 0. The van der Waals surface area contributed by atoms with Gasteiger partial charge in [-0.05, 0) is 13.0 Å². The molecule has 0 bridgehead atoms. The van der Waals surface area contributed by atoms with Gasteiger partial charge in [0.05, 0.1) is 27.4 Å². The van der Waals surface area contributed by atoms with Crippen LogP contribution in [0.1, 0.15) is 17.4 Å². The summed E-state index contributed by atoms with van der Waals surface area (Å²) in [4.78, 5) is 34.6. The summed E-state index contributed by atoms with van der Waals surface area (Å²) < 4.78 is 4.72. The van der Waals surface area contributed by atoms with Gasteiger partial charge in [0.2, 0.25) is 5.69 Å². The monoisotopic (exact) mass is 279 g/mol.